The zero-order chi connectivity index (χ0) is 19.0. The molecule has 1 fully saturated rings. The van der Waals surface area contributed by atoms with Crippen molar-refractivity contribution in [2.24, 2.45) is 0 Å². The lowest BCUT2D eigenvalue weighted by atomic mass is 10.1. The van der Waals surface area contributed by atoms with Gasteiger partial charge in [0.15, 0.2) is 0 Å². The van der Waals surface area contributed by atoms with Crippen molar-refractivity contribution >= 4 is 0 Å². The van der Waals surface area contributed by atoms with E-state index < -0.39 is 0 Å². The molecule has 2 aromatic heterocycles. The minimum absolute atomic E-state index is 0.293. The highest BCUT2D eigenvalue weighted by molar-refractivity contribution is 5.28. The lowest BCUT2D eigenvalue weighted by Crippen LogP contribution is -2.33. The predicted octanol–water partition coefficient (Wildman–Crippen LogP) is 4.18. The molecule has 0 saturated carbocycles. The van der Waals surface area contributed by atoms with E-state index in [-0.39, 0.29) is 0 Å². The van der Waals surface area contributed by atoms with Crippen LogP contribution in [0.15, 0.2) is 71.5 Å². The van der Waals surface area contributed by atoms with Crippen molar-refractivity contribution in [1.82, 2.24) is 15.2 Å². The Labute approximate surface area is 166 Å². The number of furan rings is 1. The van der Waals surface area contributed by atoms with Crippen LogP contribution in [-0.2, 0) is 13.2 Å². The molecule has 3 aromatic rings. The van der Waals surface area contributed by atoms with Crippen molar-refractivity contribution in [1.29, 1.82) is 0 Å². The van der Waals surface area contributed by atoms with E-state index in [4.69, 9.17) is 9.15 Å². The number of ether oxygens (including phenoxy) is 1. The zero-order valence-electron chi connectivity index (χ0n) is 16.1. The van der Waals surface area contributed by atoms with Crippen molar-refractivity contribution in [2.45, 2.75) is 32.0 Å². The fraction of sp³-hybridized carbons (Fsp3) is 0.348. The number of benzene rings is 1. The molecule has 1 aliphatic rings. The van der Waals surface area contributed by atoms with Crippen LogP contribution >= 0.6 is 0 Å². The first-order valence-electron chi connectivity index (χ1n) is 9.98. The Morgan fingerprint density at radius 1 is 1.07 bits per heavy atom. The molecule has 4 rings (SSSR count). The van der Waals surface area contributed by atoms with E-state index in [0.29, 0.717) is 12.6 Å². The van der Waals surface area contributed by atoms with Gasteiger partial charge in [0.25, 0.3) is 0 Å². The predicted molar refractivity (Wildman–Crippen MR) is 109 cm³/mol. The number of pyridine rings is 1. The summed E-state index contributed by atoms with van der Waals surface area (Å²) in [5.74, 6) is 1.91. The minimum Gasteiger partial charge on any atom is -0.487 e. The maximum Gasteiger partial charge on any atom is 0.130 e. The van der Waals surface area contributed by atoms with Crippen LogP contribution in [0.25, 0.3) is 0 Å². The molecule has 5 nitrogen and oxygen atoms in total. The van der Waals surface area contributed by atoms with Gasteiger partial charge in [0, 0.05) is 19.3 Å². The van der Waals surface area contributed by atoms with Crippen LogP contribution in [0.2, 0.25) is 0 Å². The van der Waals surface area contributed by atoms with Crippen LogP contribution in [0.3, 0.4) is 0 Å². The molecule has 1 N–H and O–H groups in total. The molecule has 1 unspecified atom stereocenters. The van der Waals surface area contributed by atoms with Crippen LogP contribution in [0.4, 0.5) is 0 Å². The molecule has 1 atom stereocenters. The summed E-state index contributed by atoms with van der Waals surface area (Å²) in [5.41, 5.74) is 2.14. The Bertz CT molecular complexity index is 830. The van der Waals surface area contributed by atoms with Gasteiger partial charge in [-0.15, -0.1) is 0 Å². The van der Waals surface area contributed by atoms with Gasteiger partial charge in [-0.3, -0.25) is 9.88 Å². The largest absolute Gasteiger partial charge is 0.487 e. The summed E-state index contributed by atoms with van der Waals surface area (Å²) in [6.45, 7) is 4.43. The highest BCUT2D eigenvalue weighted by Gasteiger charge is 2.25. The summed E-state index contributed by atoms with van der Waals surface area (Å²) in [7, 11) is 0. The molecule has 0 bridgehead atoms. The molecule has 0 amide bonds. The smallest absolute Gasteiger partial charge is 0.130 e. The molecule has 0 spiro atoms. The second kappa shape index (κ2) is 9.53. The highest BCUT2D eigenvalue weighted by atomic mass is 16.5. The van der Waals surface area contributed by atoms with Crippen LogP contribution in [0, 0.1) is 0 Å². The first-order chi connectivity index (χ1) is 13.9. The van der Waals surface area contributed by atoms with Gasteiger partial charge < -0.3 is 14.5 Å². The van der Waals surface area contributed by atoms with Gasteiger partial charge in [-0.1, -0.05) is 18.2 Å². The molecule has 1 saturated heterocycles. The van der Waals surface area contributed by atoms with E-state index in [0.717, 1.165) is 43.4 Å². The normalized spacial score (nSPS) is 15.6. The van der Waals surface area contributed by atoms with Gasteiger partial charge in [0.1, 0.15) is 18.1 Å². The van der Waals surface area contributed by atoms with E-state index in [1.165, 1.54) is 18.4 Å². The van der Waals surface area contributed by atoms with E-state index >= 15 is 0 Å². The Morgan fingerprint density at radius 2 is 2.00 bits per heavy atom. The average Bonchev–Trinajstić information content (AvgIpc) is 3.45. The molecular weight excluding hydrogens is 350 g/mol. The van der Waals surface area contributed by atoms with Crippen molar-refractivity contribution in [3.05, 3.63) is 84.1 Å². The topological polar surface area (TPSA) is 50.5 Å². The third kappa shape index (κ3) is 5.00. The van der Waals surface area contributed by atoms with E-state index in [9.17, 15) is 0 Å². The van der Waals surface area contributed by atoms with Gasteiger partial charge >= 0.3 is 0 Å². The molecule has 0 radical (unpaired) electrons. The molecular formula is C23H27N3O2. The van der Waals surface area contributed by atoms with Gasteiger partial charge in [0.2, 0.25) is 0 Å². The van der Waals surface area contributed by atoms with Gasteiger partial charge in [0.05, 0.1) is 18.0 Å². The SMILES string of the molecule is c1ccc(COc2cccc(CNCC(c3ccco3)N3CCCC3)c2)nc1. The van der Waals surface area contributed by atoms with Crippen molar-refractivity contribution < 1.29 is 9.15 Å². The standard InChI is InChI=1S/C23H27N3O2/c1-2-11-25-20(8-1)18-28-21-9-5-7-19(15-21)16-24-17-22(23-10-6-14-27-23)26-12-3-4-13-26/h1-2,5-11,14-15,22,24H,3-4,12-13,16-18H2. The number of hydrogen-bond acceptors (Lipinski definition) is 5. The molecule has 28 heavy (non-hydrogen) atoms. The Hall–Kier alpha value is -2.63. The van der Waals surface area contributed by atoms with Crippen molar-refractivity contribution in [3.8, 4) is 5.75 Å². The number of nitrogens with zero attached hydrogens (tertiary/aromatic N) is 2. The number of rotatable bonds is 9. The number of nitrogens with one attached hydrogen (secondary N) is 1. The van der Waals surface area contributed by atoms with Gasteiger partial charge in [-0.2, -0.15) is 0 Å². The molecule has 1 aromatic carbocycles. The maximum absolute atomic E-state index is 5.89. The van der Waals surface area contributed by atoms with Gasteiger partial charge in [-0.05, 0) is 67.9 Å². The Morgan fingerprint density at radius 3 is 2.79 bits per heavy atom. The Balaban J connectivity index is 1.31. The highest BCUT2D eigenvalue weighted by Crippen LogP contribution is 2.25. The summed E-state index contributed by atoms with van der Waals surface area (Å²) in [6.07, 6.45) is 6.09. The minimum atomic E-state index is 0.293. The summed E-state index contributed by atoms with van der Waals surface area (Å²) in [6, 6.07) is 18.4. The number of hydrogen-bond donors (Lipinski definition) is 1. The van der Waals surface area contributed by atoms with Crippen molar-refractivity contribution in [2.75, 3.05) is 19.6 Å². The quantitative estimate of drug-likeness (QED) is 0.606. The Kier molecular flexibility index (Phi) is 6.37. The van der Waals surface area contributed by atoms with Crippen molar-refractivity contribution in [3.63, 3.8) is 0 Å². The van der Waals surface area contributed by atoms with Crippen LogP contribution in [-0.4, -0.2) is 29.5 Å². The lowest BCUT2D eigenvalue weighted by Gasteiger charge is -2.26. The fourth-order valence-corrected chi connectivity index (χ4v) is 3.68. The average molecular weight is 377 g/mol. The zero-order valence-corrected chi connectivity index (χ0v) is 16.1. The van der Waals surface area contributed by atoms with Crippen LogP contribution in [0.5, 0.6) is 5.75 Å². The summed E-state index contributed by atoms with van der Waals surface area (Å²) < 4.78 is 11.6. The summed E-state index contributed by atoms with van der Waals surface area (Å²) >= 11 is 0. The van der Waals surface area contributed by atoms with E-state index in [1.807, 2.05) is 36.4 Å². The second-order valence-electron chi connectivity index (χ2n) is 7.16. The summed E-state index contributed by atoms with van der Waals surface area (Å²) in [4.78, 5) is 6.81. The fourth-order valence-electron chi connectivity index (χ4n) is 3.68. The van der Waals surface area contributed by atoms with E-state index in [1.54, 1.807) is 12.5 Å². The molecule has 1 aliphatic heterocycles. The first kappa shape index (κ1) is 18.7. The van der Waals surface area contributed by atoms with Gasteiger partial charge in [-0.25, -0.2) is 0 Å². The molecule has 0 aliphatic carbocycles. The molecule has 5 heteroatoms. The number of likely N-dealkylation sites (tertiary alicyclic amines) is 1. The molecule has 3 heterocycles. The van der Waals surface area contributed by atoms with Crippen LogP contribution in [0.1, 0.15) is 35.9 Å². The molecule has 146 valence electrons. The number of aromatic nitrogens is 1. The lowest BCUT2D eigenvalue weighted by molar-refractivity contribution is 0.209. The third-order valence-electron chi connectivity index (χ3n) is 5.13. The monoisotopic (exact) mass is 377 g/mol. The maximum atomic E-state index is 5.89. The summed E-state index contributed by atoms with van der Waals surface area (Å²) in [5, 5.41) is 3.60. The van der Waals surface area contributed by atoms with Crippen LogP contribution < -0.4 is 10.1 Å². The second-order valence-corrected chi connectivity index (χ2v) is 7.16. The first-order valence-corrected chi connectivity index (χ1v) is 9.98. The van der Waals surface area contributed by atoms with E-state index in [2.05, 4.69) is 33.4 Å². The third-order valence-corrected chi connectivity index (χ3v) is 5.13.